The van der Waals surface area contributed by atoms with E-state index >= 15 is 0 Å². The molecule has 1 aromatic carbocycles. The van der Waals surface area contributed by atoms with Gasteiger partial charge in [0.15, 0.2) is 0 Å². The van der Waals surface area contributed by atoms with Gasteiger partial charge in [-0.05, 0) is 62.5 Å². The maximum absolute atomic E-state index is 12.9. The Labute approximate surface area is 96.2 Å². The number of piperidine rings is 1. The highest BCUT2D eigenvalue weighted by Crippen LogP contribution is 2.18. The number of aryl methyl sites for hydroxylation is 1. The third kappa shape index (κ3) is 2.95. The Hall–Kier alpha value is -1.09. The van der Waals surface area contributed by atoms with Crippen LogP contribution in [0.1, 0.15) is 18.4 Å². The molecule has 16 heavy (non-hydrogen) atoms. The molecule has 0 spiro atoms. The molecule has 88 valence electrons. The van der Waals surface area contributed by atoms with Crippen LogP contribution < -0.4 is 10.6 Å². The first-order valence-electron chi connectivity index (χ1n) is 5.96. The molecule has 0 aromatic heterocycles. The average Bonchev–Trinajstić information content (AvgIpc) is 2.29. The minimum Gasteiger partial charge on any atom is -0.385 e. The molecule has 1 heterocycles. The summed E-state index contributed by atoms with van der Waals surface area (Å²) in [5, 5.41) is 6.77. The van der Waals surface area contributed by atoms with E-state index in [0.29, 0.717) is 0 Å². The van der Waals surface area contributed by atoms with Gasteiger partial charge in [-0.15, -0.1) is 0 Å². The summed E-state index contributed by atoms with van der Waals surface area (Å²) in [5.74, 6) is 0.579. The van der Waals surface area contributed by atoms with Crippen molar-refractivity contribution in [1.82, 2.24) is 5.32 Å². The number of rotatable bonds is 3. The van der Waals surface area contributed by atoms with Gasteiger partial charge in [0, 0.05) is 12.2 Å². The van der Waals surface area contributed by atoms with Crippen molar-refractivity contribution in [3.8, 4) is 0 Å². The van der Waals surface area contributed by atoms with Crippen molar-refractivity contribution in [3.63, 3.8) is 0 Å². The molecule has 0 saturated carbocycles. The molecule has 0 amide bonds. The Morgan fingerprint density at radius 1 is 1.38 bits per heavy atom. The SMILES string of the molecule is Cc1cc(F)ccc1NCC1CCNCC1. The standard InChI is InChI=1S/C13H19FN2/c1-10-8-12(14)2-3-13(10)16-9-11-4-6-15-7-5-11/h2-3,8,11,15-16H,4-7,9H2,1H3. The van der Waals surface area contributed by atoms with Gasteiger partial charge < -0.3 is 10.6 Å². The van der Waals surface area contributed by atoms with Gasteiger partial charge in [-0.25, -0.2) is 4.39 Å². The van der Waals surface area contributed by atoms with Crippen LogP contribution in [0.4, 0.5) is 10.1 Å². The van der Waals surface area contributed by atoms with Gasteiger partial charge in [-0.3, -0.25) is 0 Å². The van der Waals surface area contributed by atoms with Crippen LogP contribution in [-0.4, -0.2) is 19.6 Å². The van der Waals surface area contributed by atoms with Crippen molar-refractivity contribution in [2.45, 2.75) is 19.8 Å². The summed E-state index contributed by atoms with van der Waals surface area (Å²) < 4.78 is 12.9. The van der Waals surface area contributed by atoms with E-state index < -0.39 is 0 Å². The Balaban J connectivity index is 1.88. The lowest BCUT2D eigenvalue weighted by atomic mass is 9.98. The van der Waals surface area contributed by atoms with E-state index in [-0.39, 0.29) is 5.82 Å². The second-order valence-corrected chi connectivity index (χ2v) is 4.53. The number of halogens is 1. The molecule has 2 nitrogen and oxygen atoms in total. The van der Waals surface area contributed by atoms with Gasteiger partial charge in [0.1, 0.15) is 5.82 Å². The fraction of sp³-hybridized carbons (Fsp3) is 0.538. The lowest BCUT2D eigenvalue weighted by Crippen LogP contribution is -2.31. The molecule has 0 atom stereocenters. The number of nitrogens with one attached hydrogen (secondary N) is 2. The Kier molecular flexibility index (Phi) is 3.78. The van der Waals surface area contributed by atoms with Gasteiger partial charge in [0.2, 0.25) is 0 Å². The van der Waals surface area contributed by atoms with Gasteiger partial charge in [0.05, 0.1) is 0 Å². The Morgan fingerprint density at radius 2 is 2.12 bits per heavy atom. The molecule has 0 aliphatic carbocycles. The van der Waals surface area contributed by atoms with Crippen molar-refractivity contribution in [2.75, 3.05) is 25.0 Å². The fourth-order valence-electron chi connectivity index (χ4n) is 2.17. The van der Waals surface area contributed by atoms with Gasteiger partial charge >= 0.3 is 0 Å². The minimum atomic E-state index is -0.162. The third-order valence-corrected chi connectivity index (χ3v) is 3.23. The lowest BCUT2D eigenvalue weighted by Gasteiger charge is -2.23. The van der Waals surface area contributed by atoms with E-state index in [1.165, 1.54) is 18.9 Å². The summed E-state index contributed by atoms with van der Waals surface area (Å²) in [6.07, 6.45) is 2.46. The first kappa shape index (κ1) is 11.4. The zero-order valence-corrected chi connectivity index (χ0v) is 9.72. The first-order valence-corrected chi connectivity index (χ1v) is 5.96. The molecule has 1 fully saturated rings. The number of hydrogen-bond donors (Lipinski definition) is 2. The second kappa shape index (κ2) is 5.30. The summed E-state index contributed by atoms with van der Waals surface area (Å²) in [5.41, 5.74) is 2.04. The third-order valence-electron chi connectivity index (χ3n) is 3.23. The van der Waals surface area contributed by atoms with Crippen molar-refractivity contribution in [1.29, 1.82) is 0 Å². The van der Waals surface area contributed by atoms with Crippen LogP contribution in [-0.2, 0) is 0 Å². The van der Waals surface area contributed by atoms with Gasteiger partial charge in [-0.1, -0.05) is 0 Å². The second-order valence-electron chi connectivity index (χ2n) is 4.53. The molecule has 1 saturated heterocycles. The molecule has 2 rings (SSSR count). The maximum Gasteiger partial charge on any atom is 0.123 e. The maximum atomic E-state index is 12.9. The summed E-state index contributed by atoms with van der Waals surface area (Å²) >= 11 is 0. The van der Waals surface area contributed by atoms with Crippen molar-refractivity contribution in [2.24, 2.45) is 5.92 Å². The van der Waals surface area contributed by atoms with Crippen LogP contribution in [0.25, 0.3) is 0 Å². The van der Waals surface area contributed by atoms with Crippen LogP contribution in [0.3, 0.4) is 0 Å². The topological polar surface area (TPSA) is 24.1 Å². The van der Waals surface area contributed by atoms with Crippen molar-refractivity contribution >= 4 is 5.69 Å². The molecule has 0 unspecified atom stereocenters. The van der Waals surface area contributed by atoms with Gasteiger partial charge in [-0.2, -0.15) is 0 Å². The predicted octanol–water partition coefficient (Wildman–Crippen LogP) is 2.55. The highest BCUT2D eigenvalue weighted by atomic mass is 19.1. The molecule has 0 bridgehead atoms. The first-order chi connectivity index (χ1) is 7.75. The minimum absolute atomic E-state index is 0.162. The predicted molar refractivity (Wildman–Crippen MR) is 65.2 cm³/mol. The highest BCUT2D eigenvalue weighted by molar-refractivity contribution is 5.50. The monoisotopic (exact) mass is 222 g/mol. The fourth-order valence-corrected chi connectivity index (χ4v) is 2.17. The van der Waals surface area contributed by atoms with Crippen molar-refractivity contribution < 1.29 is 4.39 Å². The average molecular weight is 222 g/mol. The van der Waals surface area contributed by atoms with Crippen LogP contribution in [0.2, 0.25) is 0 Å². The van der Waals surface area contributed by atoms with E-state index in [9.17, 15) is 4.39 Å². The lowest BCUT2D eigenvalue weighted by molar-refractivity contribution is 0.390. The van der Waals surface area contributed by atoms with E-state index in [1.54, 1.807) is 6.07 Å². The highest BCUT2D eigenvalue weighted by Gasteiger charge is 2.12. The van der Waals surface area contributed by atoms with E-state index in [4.69, 9.17) is 0 Å². The molecule has 1 aromatic rings. The molecule has 3 heteroatoms. The number of anilines is 1. The molecule has 1 aliphatic heterocycles. The summed E-state index contributed by atoms with van der Waals surface area (Å²) in [6.45, 7) is 5.17. The van der Waals surface area contributed by atoms with Crippen LogP contribution in [0.5, 0.6) is 0 Å². The summed E-state index contributed by atoms with van der Waals surface area (Å²) in [6, 6.07) is 4.91. The quantitative estimate of drug-likeness (QED) is 0.821. The Bertz CT molecular complexity index is 346. The number of hydrogen-bond acceptors (Lipinski definition) is 2. The van der Waals surface area contributed by atoms with Crippen LogP contribution in [0.15, 0.2) is 18.2 Å². The molecule has 0 radical (unpaired) electrons. The molecule has 2 N–H and O–H groups in total. The zero-order chi connectivity index (χ0) is 11.4. The molecular formula is C13H19FN2. The van der Waals surface area contributed by atoms with E-state index in [1.807, 2.05) is 13.0 Å². The van der Waals surface area contributed by atoms with Crippen LogP contribution in [0, 0.1) is 18.7 Å². The van der Waals surface area contributed by atoms with Gasteiger partial charge in [0.25, 0.3) is 0 Å². The van der Waals surface area contributed by atoms with Crippen molar-refractivity contribution in [3.05, 3.63) is 29.6 Å². The Morgan fingerprint density at radius 3 is 2.81 bits per heavy atom. The number of benzene rings is 1. The van der Waals surface area contributed by atoms with E-state index in [0.717, 1.165) is 36.8 Å². The smallest absolute Gasteiger partial charge is 0.123 e. The largest absolute Gasteiger partial charge is 0.385 e. The normalized spacial score (nSPS) is 17.4. The zero-order valence-electron chi connectivity index (χ0n) is 9.72. The van der Waals surface area contributed by atoms with E-state index in [2.05, 4.69) is 10.6 Å². The summed E-state index contributed by atoms with van der Waals surface area (Å²) in [7, 11) is 0. The molecule has 1 aliphatic rings. The molecular weight excluding hydrogens is 203 g/mol. The summed E-state index contributed by atoms with van der Waals surface area (Å²) in [4.78, 5) is 0. The van der Waals surface area contributed by atoms with Crippen LogP contribution >= 0.6 is 0 Å².